The molecule has 0 amide bonds. The lowest BCUT2D eigenvalue weighted by atomic mass is 10.1. The standard InChI is InChI=1S/C18H20ClNO2/c19-15-8-9-17(21-13-14-5-2-1-3-6-14)18(11-15)22-16-7-4-10-20-12-16/h1-3,5-6,8-9,11,16,20H,4,7,10,12-13H2. The van der Waals surface area contributed by atoms with E-state index in [0.717, 1.165) is 43.0 Å². The molecule has 0 spiro atoms. The first-order valence-corrected chi connectivity index (χ1v) is 8.03. The second kappa shape index (κ2) is 7.52. The molecule has 2 aromatic carbocycles. The molecule has 0 radical (unpaired) electrons. The minimum atomic E-state index is 0.172. The zero-order valence-corrected chi connectivity index (χ0v) is 13.2. The average molecular weight is 318 g/mol. The molecule has 1 aliphatic rings. The Hall–Kier alpha value is -1.71. The Morgan fingerprint density at radius 3 is 2.73 bits per heavy atom. The van der Waals surface area contributed by atoms with Gasteiger partial charge >= 0.3 is 0 Å². The summed E-state index contributed by atoms with van der Waals surface area (Å²) in [5.74, 6) is 1.45. The number of piperidine rings is 1. The molecule has 2 aromatic rings. The topological polar surface area (TPSA) is 30.5 Å². The summed E-state index contributed by atoms with van der Waals surface area (Å²) in [6, 6.07) is 15.6. The number of hydrogen-bond acceptors (Lipinski definition) is 3. The smallest absolute Gasteiger partial charge is 0.163 e. The first-order chi connectivity index (χ1) is 10.8. The van der Waals surface area contributed by atoms with Gasteiger partial charge in [-0.1, -0.05) is 41.9 Å². The van der Waals surface area contributed by atoms with E-state index in [1.54, 1.807) is 0 Å². The van der Waals surface area contributed by atoms with E-state index in [4.69, 9.17) is 21.1 Å². The van der Waals surface area contributed by atoms with Crippen LogP contribution in [0.4, 0.5) is 0 Å². The van der Waals surface area contributed by atoms with Crippen LogP contribution >= 0.6 is 11.6 Å². The van der Waals surface area contributed by atoms with E-state index in [2.05, 4.69) is 5.32 Å². The summed E-state index contributed by atoms with van der Waals surface area (Å²) in [6.07, 6.45) is 2.36. The van der Waals surface area contributed by atoms with E-state index in [9.17, 15) is 0 Å². The summed E-state index contributed by atoms with van der Waals surface area (Å²) in [4.78, 5) is 0. The van der Waals surface area contributed by atoms with Gasteiger partial charge in [-0.3, -0.25) is 0 Å². The van der Waals surface area contributed by atoms with E-state index >= 15 is 0 Å². The molecule has 22 heavy (non-hydrogen) atoms. The van der Waals surface area contributed by atoms with Crippen LogP contribution in [0, 0.1) is 0 Å². The van der Waals surface area contributed by atoms with Gasteiger partial charge in [-0.05, 0) is 37.1 Å². The zero-order chi connectivity index (χ0) is 15.2. The van der Waals surface area contributed by atoms with Gasteiger partial charge < -0.3 is 14.8 Å². The maximum atomic E-state index is 6.10. The quantitative estimate of drug-likeness (QED) is 0.902. The molecule has 3 nitrogen and oxygen atoms in total. The van der Waals surface area contributed by atoms with Gasteiger partial charge in [0, 0.05) is 17.6 Å². The summed E-state index contributed by atoms with van der Waals surface area (Å²) in [6.45, 7) is 2.44. The minimum Gasteiger partial charge on any atom is -0.485 e. The Morgan fingerprint density at radius 1 is 1.09 bits per heavy atom. The zero-order valence-electron chi connectivity index (χ0n) is 12.4. The summed E-state index contributed by atoms with van der Waals surface area (Å²) in [5, 5.41) is 4.01. The van der Waals surface area contributed by atoms with Gasteiger partial charge in [0.15, 0.2) is 11.5 Å². The number of benzene rings is 2. The van der Waals surface area contributed by atoms with Gasteiger partial charge in [0.05, 0.1) is 0 Å². The fourth-order valence-electron chi connectivity index (χ4n) is 2.53. The summed E-state index contributed by atoms with van der Waals surface area (Å²) in [5.41, 5.74) is 1.13. The van der Waals surface area contributed by atoms with Crippen molar-refractivity contribution in [1.82, 2.24) is 5.32 Å². The van der Waals surface area contributed by atoms with Crippen molar-refractivity contribution >= 4 is 11.6 Å². The van der Waals surface area contributed by atoms with E-state index < -0.39 is 0 Å². The second-order valence-corrected chi connectivity index (χ2v) is 5.89. The highest BCUT2D eigenvalue weighted by atomic mass is 35.5. The summed E-state index contributed by atoms with van der Waals surface area (Å²) in [7, 11) is 0. The molecule has 1 fully saturated rings. The first-order valence-electron chi connectivity index (χ1n) is 7.65. The van der Waals surface area contributed by atoms with E-state index in [-0.39, 0.29) is 6.10 Å². The molecular formula is C18H20ClNO2. The third kappa shape index (κ3) is 4.15. The molecule has 1 aliphatic heterocycles. The lowest BCUT2D eigenvalue weighted by Gasteiger charge is -2.25. The van der Waals surface area contributed by atoms with Crippen molar-refractivity contribution in [1.29, 1.82) is 0 Å². The molecular weight excluding hydrogens is 298 g/mol. The normalized spacial score (nSPS) is 18.0. The minimum absolute atomic E-state index is 0.172. The monoisotopic (exact) mass is 317 g/mol. The third-order valence-corrected chi connectivity index (χ3v) is 3.92. The summed E-state index contributed by atoms with van der Waals surface area (Å²) < 4.78 is 12.0. The van der Waals surface area contributed by atoms with Crippen LogP contribution in [0.2, 0.25) is 5.02 Å². The molecule has 0 saturated carbocycles. The number of hydrogen-bond donors (Lipinski definition) is 1. The van der Waals surface area contributed by atoms with Crippen LogP contribution in [0.1, 0.15) is 18.4 Å². The van der Waals surface area contributed by atoms with Crippen LogP contribution in [-0.2, 0) is 6.61 Å². The van der Waals surface area contributed by atoms with Crippen molar-refractivity contribution in [2.75, 3.05) is 13.1 Å². The Kier molecular flexibility index (Phi) is 5.20. The predicted octanol–water partition coefficient (Wildman–Crippen LogP) is 4.05. The van der Waals surface area contributed by atoms with Crippen molar-refractivity contribution in [3.8, 4) is 11.5 Å². The van der Waals surface area contributed by atoms with Gasteiger partial charge in [0.25, 0.3) is 0 Å². The van der Waals surface area contributed by atoms with Gasteiger partial charge in [0.2, 0.25) is 0 Å². The fourth-order valence-corrected chi connectivity index (χ4v) is 2.69. The highest BCUT2D eigenvalue weighted by Crippen LogP contribution is 2.32. The van der Waals surface area contributed by atoms with E-state index in [1.165, 1.54) is 0 Å². The molecule has 1 heterocycles. The molecule has 0 aromatic heterocycles. The van der Waals surface area contributed by atoms with Crippen molar-refractivity contribution in [2.24, 2.45) is 0 Å². The molecule has 4 heteroatoms. The number of nitrogens with one attached hydrogen (secondary N) is 1. The Bertz CT molecular complexity index is 597. The lowest BCUT2D eigenvalue weighted by molar-refractivity contribution is 0.157. The van der Waals surface area contributed by atoms with Gasteiger partial charge in [-0.25, -0.2) is 0 Å². The van der Waals surface area contributed by atoms with Crippen molar-refractivity contribution in [3.63, 3.8) is 0 Å². The van der Waals surface area contributed by atoms with Crippen molar-refractivity contribution < 1.29 is 9.47 Å². The van der Waals surface area contributed by atoms with Gasteiger partial charge in [-0.2, -0.15) is 0 Å². The largest absolute Gasteiger partial charge is 0.485 e. The SMILES string of the molecule is Clc1ccc(OCc2ccccc2)c(OC2CCCNC2)c1. The first kappa shape index (κ1) is 15.2. The molecule has 0 aliphatic carbocycles. The van der Waals surface area contributed by atoms with E-state index in [1.807, 2.05) is 48.5 Å². The van der Waals surface area contributed by atoms with E-state index in [0.29, 0.717) is 11.6 Å². The maximum absolute atomic E-state index is 6.10. The number of halogens is 1. The third-order valence-electron chi connectivity index (χ3n) is 3.69. The van der Waals surface area contributed by atoms with Crippen LogP contribution in [0.15, 0.2) is 48.5 Å². The average Bonchev–Trinajstić information content (AvgIpc) is 2.56. The van der Waals surface area contributed by atoms with Crippen molar-refractivity contribution in [3.05, 3.63) is 59.1 Å². The van der Waals surface area contributed by atoms with Crippen LogP contribution in [0.5, 0.6) is 11.5 Å². The number of rotatable bonds is 5. The second-order valence-electron chi connectivity index (χ2n) is 5.45. The van der Waals surface area contributed by atoms with Gasteiger partial charge in [-0.15, -0.1) is 0 Å². The lowest BCUT2D eigenvalue weighted by Crippen LogP contribution is -2.37. The molecule has 1 atom stereocenters. The predicted molar refractivity (Wildman–Crippen MR) is 88.7 cm³/mol. The molecule has 1 unspecified atom stereocenters. The summed E-state index contributed by atoms with van der Waals surface area (Å²) >= 11 is 6.10. The Morgan fingerprint density at radius 2 is 1.95 bits per heavy atom. The fraction of sp³-hybridized carbons (Fsp3) is 0.333. The van der Waals surface area contributed by atoms with Crippen LogP contribution in [0.25, 0.3) is 0 Å². The van der Waals surface area contributed by atoms with Gasteiger partial charge in [0.1, 0.15) is 12.7 Å². The molecule has 1 saturated heterocycles. The van der Waals surface area contributed by atoms with Crippen LogP contribution < -0.4 is 14.8 Å². The molecule has 3 rings (SSSR count). The highest BCUT2D eigenvalue weighted by molar-refractivity contribution is 6.30. The van der Waals surface area contributed by atoms with Crippen LogP contribution in [0.3, 0.4) is 0 Å². The Labute approximate surface area is 136 Å². The maximum Gasteiger partial charge on any atom is 0.163 e. The molecule has 1 N–H and O–H groups in total. The number of ether oxygens (including phenoxy) is 2. The Balaban J connectivity index is 1.69. The molecule has 116 valence electrons. The van der Waals surface area contributed by atoms with Crippen molar-refractivity contribution in [2.45, 2.75) is 25.6 Å². The molecule has 0 bridgehead atoms. The highest BCUT2D eigenvalue weighted by Gasteiger charge is 2.17. The van der Waals surface area contributed by atoms with Crippen LogP contribution in [-0.4, -0.2) is 19.2 Å².